The van der Waals surface area contributed by atoms with Gasteiger partial charge in [0.2, 0.25) is 5.95 Å². The van der Waals surface area contributed by atoms with Crippen LogP contribution in [0.2, 0.25) is 0 Å². The summed E-state index contributed by atoms with van der Waals surface area (Å²) in [5.74, 6) is 1.12. The van der Waals surface area contributed by atoms with Crippen LogP contribution in [0.3, 0.4) is 0 Å². The van der Waals surface area contributed by atoms with E-state index in [0.29, 0.717) is 19.0 Å². The zero-order valence-electron chi connectivity index (χ0n) is 14.3. The maximum atomic E-state index is 12.0. The zero-order chi connectivity index (χ0) is 17.6. The molecule has 0 saturated heterocycles. The van der Waals surface area contributed by atoms with E-state index in [4.69, 9.17) is 0 Å². The fourth-order valence-electron chi connectivity index (χ4n) is 2.46. The molecule has 0 aliphatic carbocycles. The Morgan fingerprint density at radius 1 is 1.20 bits per heavy atom. The van der Waals surface area contributed by atoms with Crippen molar-refractivity contribution in [3.63, 3.8) is 0 Å². The van der Waals surface area contributed by atoms with Crippen molar-refractivity contribution in [3.05, 3.63) is 59.7 Å². The van der Waals surface area contributed by atoms with Crippen LogP contribution in [0, 0.1) is 0 Å². The number of aromatic nitrogens is 5. The van der Waals surface area contributed by atoms with Gasteiger partial charge < -0.3 is 5.32 Å². The van der Waals surface area contributed by atoms with Gasteiger partial charge in [-0.1, -0.05) is 37.3 Å². The first-order chi connectivity index (χ1) is 12.1. The van der Waals surface area contributed by atoms with Gasteiger partial charge >= 0.3 is 6.03 Å². The van der Waals surface area contributed by atoms with E-state index in [-0.39, 0.29) is 6.03 Å². The number of benzene rings is 1. The minimum Gasteiger partial charge on any atom is -0.334 e. The predicted octanol–water partition coefficient (Wildman–Crippen LogP) is 1.94. The number of aryl methyl sites for hydroxylation is 2. The number of hydrogen-bond donors (Lipinski definition) is 2. The molecule has 0 aliphatic heterocycles. The molecule has 3 aromatic rings. The summed E-state index contributed by atoms with van der Waals surface area (Å²) in [4.78, 5) is 16.2. The van der Waals surface area contributed by atoms with Crippen molar-refractivity contribution in [2.24, 2.45) is 7.05 Å². The lowest BCUT2D eigenvalue weighted by Crippen LogP contribution is -2.28. The number of nitrogens with zero attached hydrogens (tertiary/aromatic N) is 5. The number of carbonyl (C=O) groups excluding carboxylic acids is 1. The van der Waals surface area contributed by atoms with E-state index in [0.717, 1.165) is 17.8 Å². The molecule has 0 saturated carbocycles. The van der Waals surface area contributed by atoms with Gasteiger partial charge in [0.05, 0.1) is 12.7 Å². The van der Waals surface area contributed by atoms with Crippen molar-refractivity contribution in [1.29, 1.82) is 0 Å². The molecule has 3 rings (SSSR count). The van der Waals surface area contributed by atoms with Gasteiger partial charge in [-0.15, -0.1) is 5.10 Å². The van der Waals surface area contributed by atoms with Crippen molar-refractivity contribution >= 4 is 12.0 Å². The highest BCUT2D eigenvalue weighted by molar-refractivity contribution is 5.87. The average molecular weight is 339 g/mol. The molecular weight excluding hydrogens is 318 g/mol. The Morgan fingerprint density at radius 2 is 2.00 bits per heavy atom. The first-order valence-electron chi connectivity index (χ1n) is 8.14. The minimum absolute atomic E-state index is 0.302. The largest absolute Gasteiger partial charge is 0.334 e. The summed E-state index contributed by atoms with van der Waals surface area (Å²) < 4.78 is 3.50. The zero-order valence-corrected chi connectivity index (χ0v) is 14.3. The maximum Gasteiger partial charge on any atom is 0.321 e. The molecule has 0 aliphatic rings. The highest BCUT2D eigenvalue weighted by Crippen LogP contribution is 2.05. The average Bonchev–Trinajstić information content (AvgIpc) is 3.20. The van der Waals surface area contributed by atoms with Gasteiger partial charge in [-0.25, -0.2) is 4.79 Å². The number of nitrogens with one attached hydrogen (secondary N) is 2. The third-order valence-electron chi connectivity index (χ3n) is 3.72. The molecule has 130 valence electrons. The van der Waals surface area contributed by atoms with Gasteiger partial charge in [0.1, 0.15) is 5.82 Å². The van der Waals surface area contributed by atoms with E-state index in [2.05, 4.69) is 37.9 Å². The molecule has 0 fully saturated rings. The Labute approximate surface area is 145 Å². The molecule has 0 atom stereocenters. The number of hydrogen-bond acceptors (Lipinski definition) is 4. The third-order valence-corrected chi connectivity index (χ3v) is 3.72. The van der Waals surface area contributed by atoms with Crippen LogP contribution >= 0.6 is 0 Å². The van der Waals surface area contributed by atoms with Gasteiger partial charge in [0.15, 0.2) is 0 Å². The van der Waals surface area contributed by atoms with Gasteiger partial charge in [-0.05, 0) is 5.56 Å². The summed E-state index contributed by atoms with van der Waals surface area (Å²) in [6.07, 6.45) is 4.42. The highest BCUT2D eigenvalue weighted by Gasteiger charge is 2.09. The molecule has 8 heteroatoms. The van der Waals surface area contributed by atoms with Crippen molar-refractivity contribution in [2.75, 3.05) is 5.32 Å². The van der Waals surface area contributed by atoms with Gasteiger partial charge in [0, 0.05) is 31.8 Å². The summed E-state index contributed by atoms with van der Waals surface area (Å²) in [5, 5.41) is 13.9. The molecule has 0 bridgehead atoms. The lowest BCUT2D eigenvalue weighted by molar-refractivity contribution is 0.251. The number of urea groups is 1. The normalized spacial score (nSPS) is 10.6. The molecule has 2 amide bonds. The van der Waals surface area contributed by atoms with E-state index in [1.165, 1.54) is 5.56 Å². The molecule has 0 spiro atoms. The molecule has 0 unspecified atom stereocenters. The Bertz CT molecular complexity index is 838. The van der Waals surface area contributed by atoms with E-state index in [1.54, 1.807) is 17.9 Å². The maximum absolute atomic E-state index is 12.0. The third kappa shape index (κ3) is 4.43. The van der Waals surface area contributed by atoms with Crippen LogP contribution in [0.5, 0.6) is 0 Å². The molecule has 2 N–H and O–H groups in total. The second kappa shape index (κ2) is 7.61. The quantitative estimate of drug-likeness (QED) is 0.718. The summed E-state index contributed by atoms with van der Waals surface area (Å²) in [7, 11) is 1.80. The van der Waals surface area contributed by atoms with Crippen molar-refractivity contribution in [2.45, 2.75) is 26.4 Å². The van der Waals surface area contributed by atoms with Crippen molar-refractivity contribution in [1.82, 2.24) is 29.9 Å². The van der Waals surface area contributed by atoms with Crippen molar-refractivity contribution < 1.29 is 4.79 Å². The molecule has 1 aromatic carbocycles. The first-order valence-corrected chi connectivity index (χ1v) is 8.14. The predicted molar refractivity (Wildman–Crippen MR) is 94.0 cm³/mol. The number of rotatable bonds is 6. The van der Waals surface area contributed by atoms with Crippen LogP contribution in [-0.2, 0) is 26.6 Å². The smallest absolute Gasteiger partial charge is 0.321 e. The second-order valence-electron chi connectivity index (χ2n) is 5.67. The van der Waals surface area contributed by atoms with Crippen LogP contribution in [-0.4, -0.2) is 30.6 Å². The molecule has 0 radical (unpaired) electrons. The standard InChI is InChI=1S/C17H21N7O/c1-3-15-20-16(22-23(15)2)21-17(25)18-9-14-10-19-24(12-14)11-13-7-5-4-6-8-13/h4-8,10,12H,3,9,11H2,1-2H3,(H2,18,21,22,25). The minimum atomic E-state index is -0.343. The van der Waals surface area contributed by atoms with Crippen LogP contribution in [0.1, 0.15) is 23.9 Å². The van der Waals surface area contributed by atoms with Crippen LogP contribution in [0.25, 0.3) is 0 Å². The molecular formula is C17H21N7O. The van der Waals surface area contributed by atoms with E-state index in [1.807, 2.05) is 36.0 Å². The lowest BCUT2D eigenvalue weighted by atomic mass is 10.2. The van der Waals surface area contributed by atoms with E-state index >= 15 is 0 Å². The fraction of sp³-hybridized carbons (Fsp3) is 0.294. The molecule has 2 heterocycles. The van der Waals surface area contributed by atoms with Gasteiger partial charge in [-0.3, -0.25) is 14.7 Å². The Balaban J connectivity index is 1.50. The molecule has 8 nitrogen and oxygen atoms in total. The number of amides is 2. The molecule has 25 heavy (non-hydrogen) atoms. The highest BCUT2D eigenvalue weighted by atomic mass is 16.2. The monoisotopic (exact) mass is 339 g/mol. The lowest BCUT2D eigenvalue weighted by Gasteiger charge is -2.03. The topological polar surface area (TPSA) is 89.7 Å². The number of carbonyl (C=O) groups is 1. The van der Waals surface area contributed by atoms with Crippen LogP contribution < -0.4 is 10.6 Å². The van der Waals surface area contributed by atoms with Crippen LogP contribution in [0.15, 0.2) is 42.7 Å². The first kappa shape index (κ1) is 16.7. The summed E-state index contributed by atoms with van der Waals surface area (Å²) in [6, 6.07) is 9.75. The summed E-state index contributed by atoms with van der Waals surface area (Å²) in [6.45, 7) is 3.07. The van der Waals surface area contributed by atoms with E-state index in [9.17, 15) is 4.79 Å². The number of anilines is 1. The Hall–Kier alpha value is -3.16. The Kier molecular flexibility index (Phi) is 5.08. The van der Waals surface area contributed by atoms with Gasteiger partial charge in [-0.2, -0.15) is 10.1 Å². The van der Waals surface area contributed by atoms with Crippen molar-refractivity contribution in [3.8, 4) is 0 Å². The summed E-state index contributed by atoms with van der Waals surface area (Å²) in [5.41, 5.74) is 2.10. The SMILES string of the molecule is CCc1nc(NC(=O)NCc2cnn(Cc3ccccc3)c2)nn1C. The molecule has 2 aromatic heterocycles. The van der Waals surface area contributed by atoms with Gasteiger partial charge in [0.25, 0.3) is 0 Å². The second-order valence-corrected chi connectivity index (χ2v) is 5.67. The van der Waals surface area contributed by atoms with E-state index < -0.39 is 0 Å². The summed E-state index contributed by atoms with van der Waals surface area (Å²) >= 11 is 0. The Morgan fingerprint density at radius 3 is 2.72 bits per heavy atom. The fourth-order valence-corrected chi connectivity index (χ4v) is 2.46. The van der Waals surface area contributed by atoms with Crippen LogP contribution in [0.4, 0.5) is 10.7 Å².